The van der Waals surface area contributed by atoms with Gasteiger partial charge in [-0.05, 0) is 11.6 Å². The van der Waals surface area contributed by atoms with Crippen LogP contribution in [0.15, 0.2) is 83.9 Å². The zero-order valence-corrected chi connectivity index (χ0v) is 14.1. The molecule has 5 nitrogen and oxygen atoms in total. The number of imidazole rings is 1. The molecule has 0 aliphatic heterocycles. The maximum Gasteiger partial charge on any atom is 0.329 e. The average Bonchev–Trinajstić information content (AvgIpc) is 2.95. The molecule has 0 bridgehead atoms. The van der Waals surface area contributed by atoms with Gasteiger partial charge in [0.25, 0.3) is 0 Å². The predicted octanol–water partition coefficient (Wildman–Crippen LogP) is 3.13. The number of nitrogens with zero attached hydrogens (tertiary/aromatic N) is 3. The van der Waals surface area contributed by atoms with E-state index in [4.69, 9.17) is 0 Å². The van der Waals surface area contributed by atoms with Crippen LogP contribution < -0.4 is 5.69 Å². The Kier molecular flexibility index (Phi) is 4.19. The van der Waals surface area contributed by atoms with Gasteiger partial charge < -0.3 is 0 Å². The summed E-state index contributed by atoms with van der Waals surface area (Å²) in [4.78, 5) is 29.7. The molecule has 26 heavy (non-hydrogen) atoms. The van der Waals surface area contributed by atoms with Crippen molar-refractivity contribution in [3.05, 3.63) is 101 Å². The van der Waals surface area contributed by atoms with Gasteiger partial charge in [0, 0.05) is 11.8 Å². The summed E-state index contributed by atoms with van der Waals surface area (Å²) >= 11 is 0. The standard InChI is InChI=1S/C21H17N3O2/c25-20(17-9-5-2-6-10-17)15-24-18-11-12-22-13-19(18)23(21(24)26)14-16-7-3-1-4-8-16/h1-13H,14-15H2. The lowest BCUT2D eigenvalue weighted by molar-refractivity contribution is 0.0972. The molecule has 0 atom stereocenters. The minimum absolute atomic E-state index is 0.00511. The summed E-state index contributed by atoms with van der Waals surface area (Å²) in [5.41, 5.74) is 2.85. The van der Waals surface area contributed by atoms with Gasteiger partial charge in [-0.1, -0.05) is 60.7 Å². The number of ketones is 1. The van der Waals surface area contributed by atoms with Crippen molar-refractivity contribution in [2.45, 2.75) is 13.1 Å². The Hall–Kier alpha value is -3.47. The van der Waals surface area contributed by atoms with Gasteiger partial charge in [-0.15, -0.1) is 0 Å². The summed E-state index contributed by atoms with van der Waals surface area (Å²) in [6.45, 7) is 0.444. The number of fused-ring (bicyclic) bond motifs is 1. The highest BCUT2D eigenvalue weighted by Gasteiger charge is 2.16. The number of hydrogen-bond donors (Lipinski definition) is 0. The maximum atomic E-state index is 13.0. The molecule has 4 aromatic rings. The van der Waals surface area contributed by atoms with Gasteiger partial charge in [-0.2, -0.15) is 0 Å². The third-order valence-corrected chi connectivity index (χ3v) is 4.40. The Morgan fingerprint density at radius 2 is 1.54 bits per heavy atom. The lowest BCUT2D eigenvalue weighted by atomic mass is 10.1. The zero-order chi connectivity index (χ0) is 17.9. The molecular weight excluding hydrogens is 326 g/mol. The van der Waals surface area contributed by atoms with E-state index >= 15 is 0 Å². The largest absolute Gasteiger partial charge is 0.329 e. The number of benzene rings is 2. The number of pyridine rings is 1. The van der Waals surface area contributed by atoms with Crippen molar-refractivity contribution in [2.75, 3.05) is 0 Å². The minimum atomic E-state index is -0.207. The van der Waals surface area contributed by atoms with E-state index in [2.05, 4.69) is 4.98 Å². The van der Waals surface area contributed by atoms with Gasteiger partial charge in [0.1, 0.15) is 0 Å². The fraction of sp³-hybridized carbons (Fsp3) is 0.0952. The molecule has 4 rings (SSSR count). The summed E-state index contributed by atoms with van der Waals surface area (Å²) < 4.78 is 3.19. The van der Waals surface area contributed by atoms with Crippen molar-refractivity contribution >= 4 is 16.8 Å². The second-order valence-electron chi connectivity index (χ2n) is 6.09. The van der Waals surface area contributed by atoms with Gasteiger partial charge in [0.2, 0.25) is 0 Å². The summed E-state index contributed by atoms with van der Waals surface area (Å²) in [5.74, 6) is -0.0942. The molecule has 0 amide bonds. The van der Waals surface area contributed by atoms with Crippen LogP contribution in [0.2, 0.25) is 0 Å². The number of carbonyl (C=O) groups excluding carboxylic acids is 1. The van der Waals surface area contributed by atoms with Crippen LogP contribution >= 0.6 is 0 Å². The SMILES string of the molecule is O=C(Cn1c(=O)n(Cc2ccccc2)c2cnccc21)c1ccccc1. The average molecular weight is 343 g/mol. The van der Waals surface area contributed by atoms with Crippen molar-refractivity contribution in [2.24, 2.45) is 0 Å². The van der Waals surface area contributed by atoms with Crippen LogP contribution in [0.25, 0.3) is 11.0 Å². The van der Waals surface area contributed by atoms with Crippen molar-refractivity contribution in [3.63, 3.8) is 0 Å². The molecule has 0 spiro atoms. The first kappa shape index (κ1) is 16.0. The minimum Gasteiger partial charge on any atom is -0.292 e. The second-order valence-corrected chi connectivity index (χ2v) is 6.09. The monoisotopic (exact) mass is 343 g/mol. The van der Waals surface area contributed by atoms with Gasteiger partial charge in [-0.3, -0.25) is 18.9 Å². The maximum absolute atomic E-state index is 13.0. The quantitative estimate of drug-likeness (QED) is 0.523. The van der Waals surface area contributed by atoms with Crippen molar-refractivity contribution in [1.29, 1.82) is 0 Å². The van der Waals surface area contributed by atoms with Gasteiger partial charge in [0.15, 0.2) is 5.78 Å². The number of Topliss-reactive ketones (excluding diaryl/α,β-unsaturated/α-hetero) is 1. The fourth-order valence-electron chi connectivity index (χ4n) is 3.10. The Labute approximate surface area is 150 Å². The summed E-state index contributed by atoms with van der Waals surface area (Å²) in [6, 6.07) is 20.6. The third-order valence-electron chi connectivity index (χ3n) is 4.40. The molecular formula is C21H17N3O2. The molecule has 5 heteroatoms. The Morgan fingerprint density at radius 1 is 0.846 bits per heavy atom. The molecule has 0 saturated heterocycles. The van der Waals surface area contributed by atoms with E-state index in [0.717, 1.165) is 11.1 Å². The first-order chi connectivity index (χ1) is 12.7. The van der Waals surface area contributed by atoms with E-state index in [-0.39, 0.29) is 18.0 Å². The highest BCUT2D eigenvalue weighted by Crippen LogP contribution is 2.14. The molecule has 128 valence electrons. The van der Waals surface area contributed by atoms with E-state index in [0.29, 0.717) is 17.6 Å². The van der Waals surface area contributed by atoms with Crippen molar-refractivity contribution < 1.29 is 4.79 Å². The van der Waals surface area contributed by atoms with Crippen molar-refractivity contribution in [1.82, 2.24) is 14.1 Å². The first-order valence-corrected chi connectivity index (χ1v) is 8.39. The Balaban J connectivity index is 1.77. The van der Waals surface area contributed by atoms with E-state index in [1.54, 1.807) is 35.2 Å². The smallest absolute Gasteiger partial charge is 0.292 e. The molecule has 0 aliphatic carbocycles. The first-order valence-electron chi connectivity index (χ1n) is 8.39. The number of carbonyl (C=O) groups is 1. The number of aromatic nitrogens is 3. The van der Waals surface area contributed by atoms with Crippen LogP contribution in [0.5, 0.6) is 0 Å². The van der Waals surface area contributed by atoms with Gasteiger partial charge >= 0.3 is 5.69 Å². The zero-order valence-electron chi connectivity index (χ0n) is 14.1. The molecule has 0 fully saturated rings. The van der Waals surface area contributed by atoms with E-state index < -0.39 is 0 Å². The topological polar surface area (TPSA) is 56.9 Å². The van der Waals surface area contributed by atoms with Crippen LogP contribution in [-0.2, 0) is 13.1 Å². The van der Waals surface area contributed by atoms with Crippen LogP contribution in [0.1, 0.15) is 15.9 Å². The second kappa shape index (κ2) is 6.80. The van der Waals surface area contributed by atoms with Crippen molar-refractivity contribution in [3.8, 4) is 0 Å². The molecule has 0 N–H and O–H groups in total. The lowest BCUT2D eigenvalue weighted by Gasteiger charge is -2.03. The lowest BCUT2D eigenvalue weighted by Crippen LogP contribution is -2.27. The Bertz CT molecular complexity index is 1110. The van der Waals surface area contributed by atoms with E-state index in [1.807, 2.05) is 48.5 Å². The number of rotatable bonds is 5. The summed E-state index contributed by atoms with van der Waals surface area (Å²) in [6.07, 6.45) is 3.31. The molecule has 0 saturated carbocycles. The molecule has 2 aromatic heterocycles. The molecule has 2 aromatic carbocycles. The van der Waals surface area contributed by atoms with Gasteiger partial charge in [0.05, 0.1) is 30.3 Å². The number of hydrogen-bond acceptors (Lipinski definition) is 3. The highest BCUT2D eigenvalue weighted by atomic mass is 16.2. The molecule has 0 radical (unpaired) electrons. The molecule has 0 unspecified atom stereocenters. The van der Waals surface area contributed by atoms with Gasteiger partial charge in [-0.25, -0.2) is 4.79 Å². The van der Waals surface area contributed by atoms with Crippen LogP contribution in [0.3, 0.4) is 0 Å². The highest BCUT2D eigenvalue weighted by molar-refractivity contribution is 5.96. The fourth-order valence-corrected chi connectivity index (χ4v) is 3.10. The predicted molar refractivity (Wildman–Crippen MR) is 100 cm³/mol. The third kappa shape index (κ3) is 2.95. The van der Waals surface area contributed by atoms with Crippen LogP contribution in [-0.4, -0.2) is 19.9 Å². The normalized spacial score (nSPS) is 10.9. The van der Waals surface area contributed by atoms with E-state index in [1.165, 1.54) is 4.57 Å². The Morgan fingerprint density at radius 3 is 2.27 bits per heavy atom. The van der Waals surface area contributed by atoms with E-state index in [9.17, 15) is 9.59 Å². The van der Waals surface area contributed by atoms with Crippen LogP contribution in [0, 0.1) is 0 Å². The summed E-state index contributed by atoms with van der Waals surface area (Å²) in [7, 11) is 0. The molecule has 0 aliphatic rings. The van der Waals surface area contributed by atoms with Crippen LogP contribution in [0.4, 0.5) is 0 Å². The summed E-state index contributed by atoms with van der Waals surface area (Å²) in [5, 5.41) is 0. The molecule has 2 heterocycles.